The minimum absolute atomic E-state index is 0.0630. The zero-order valence-corrected chi connectivity index (χ0v) is 8.84. The summed E-state index contributed by atoms with van der Waals surface area (Å²) in [6.07, 6.45) is 6.56. The van der Waals surface area contributed by atoms with Crippen molar-refractivity contribution in [3.05, 3.63) is 24.0 Å². The van der Waals surface area contributed by atoms with E-state index in [-0.39, 0.29) is 18.6 Å². The van der Waals surface area contributed by atoms with Crippen LogP contribution in [0.2, 0.25) is 0 Å². The van der Waals surface area contributed by atoms with E-state index >= 15 is 0 Å². The Morgan fingerprint density at radius 2 is 2.53 bits per heavy atom. The van der Waals surface area contributed by atoms with Gasteiger partial charge in [-0.2, -0.15) is 5.10 Å². The van der Waals surface area contributed by atoms with E-state index in [1.807, 2.05) is 7.05 Å². The molecule has 1 rings (SSSR count). The number of nitrogens with one attached hydrogen (secondary N) is 1. The summed E-state index contributed by atoms with van der Waals surface area (Å²) in [7, 11) is 1.81. The summed E-state index contributed by atoms with van der Waals surface area (Å²) in [6.45, 7) is 1.67. The molecule has 0 aliphatic rings. The van der Waals surface area contributed by atoms with Gasteiger partial charge in [0, 0.05) is 30.9 Å². The number of aliphatic hydroxyl groups excluding tert-OH is 1. The Hall–Kier alpha value is -1.62. The van der Waals surface area contributed by atoms with Crippen LogP contribution in [0.1, 0.15) is 12.5 Å². The fourth-order valence-electron chi connectivity index (χ4n) is 1.03. The predicted octanol–water partition coefficient (Wildman–Crippen LogP) is -0.0697. The van der Waals surface area contributed by atoms with E-state index in [1.165, 1.54) is 6.08 Å². The quantitative estimate of drug-likeness (QED) is 0.682. The molecular formula is C10H15N3O2. The first-order valence-electron chi connectivity index (χ1n) is 4.70. The largest absolute Gasteiger partial charge is 0.394 e. The van der Waals surface area contributed by atoms with E-state index in [1.54, 1.807) is 30.1 Å². The Bertz CT molecular complexity index is 357. The molecule has 0 aliphatic carbocycles. The van der Waals surface area contributed by atoms with Gasteiger partial charge in [0.1, 0.15) is 0 Å². The van der Waals surface area contributed by atoms with Gasteiger partial charge in [0.25, 0.3) is 0 Å². The summed E-state index contributed by atoms with van der Waals surface area (Å²) in [6, 6.07) is -0.226. The van der Waals surface area contributed by atoms with Gasteiger partial charge in [0.05, 0.1) is 12.8 Å². The van der Waals surface area contributed by atoms with Gasteiger partial charge in [-0.3, -0.25) is 9.48 Å². The molecule has 15 heavy (non-hydrogen) atoms. The third-order valence-corrected chi connectivity index (χ3v) is 1.81. The van der Waals surface area contributed by atoms with Crippen LogP contribution in [0.15, 0.2) is 18.5 Å². The minimum atomic E-state index is -0.226. The lowest BCUT2D eigenvalue weighted by atomic mass is 10.3. The van der Waals surface area contributed by atoms with Crippen LogP contribution in [0, 0.1) is 0 Å². The smallest absolute Gasteiger partial charge is 0.244 e. The number of carbonyl (C=O) groups is 1. The summed E-state index contributed by atoms with van der Waals surface area (Å²) in [5.74, 6) is -0.222. The second-order valence-corrected chi connectivity index (χ2v) is 3.37. The van der Waals surface area contributed by atoms with Gasteiger partial charge in [0.15, 0.2) is 0 Å². The summed E-state index contributed by atoms with van der Waals surface area (Å²) >= 11 is 0. The highest BCUT2D eigenvalue weighted by Gasteiger charge is 2.01. The molecule has 0 unspecified atom stereocenters. The number of carbonyl (C=O) groups excluding carboxylic acids is 1. The minimum Gasteiger partial charge on any atom is -0.394 e. The zero-order valence-electron chi connectivity index (χ0n) is 8.84. The number of hydrogen-bond donors (Lipinski definition) is 2. The molecule has 0 spiro atoms. The number of nitrogens with zero attached hydrogens (tertiary/aromatic N) is 2. The lowest BCUT2D eigenvalue weighted by molar-refractivity contribution is -0.117. The van der Waals surface area contributed by atoms with Gasteiger partial charge in [0.2, 0.25) is 5.91 Å². The second-order valence-electron chi connectivity index (χ2n) is 3.37. The molecule has 0 fully saturated rings. The highest BCUT2D eigenvalue weighted by atomic mass is 16.3. The Balaban J connectivity index is 2.47. The van der Waals surface area contributed by atoms with Crippen LogP contribution in [0.25, 0.3) is 6.08 Å². The van der Waals surface area contributed by atoms with Gasteiger partial charge in [-0.1, -0.05) is 0 Å². The van der Waals surface area contributed by atoms with E-state index < -0.39 is 0 Å². The molecule has 1 heterocycles. The Labute approximate surface area is 88.4 Å². The van der Waals surface area contributed by atoms with Gasteiger partial charge < -0.3 is 10.4 Å². The third-order valence-electron chi connectivity index (χ3n) is 1.81. The fourth-order valence-corrected chi connectivity index (χ4v) is 1.03. The molecule has 5 heteroatoms. The molecule has 0 saturated carbocycles. The van der Waals surface area contributed by atoms with E-state index in [4.69, 9.17) is 5.11 Å². The van der Waals surface area contributed by atoms with Crippen LogP contribution in [-0.2, 0) is 11.8 Å². The Morgan fingerprint density at radius 3 is 3.07 bits per heavy atom. The molecule has 0 saturated heterocycles. The molecule has 2 N–H and O–H groups in total. The highest BCUT2D eigenvalue weighted by Crippen LogP contribution is 1.98. The molecule has 0 aliphatic heterocycles. The van der Waals surface area contributed by atoms with E-state index in [0.717, 1.165) is 5.56 Å². The summed E-state index contributed by atoms with van der Waals surface area (Å²) in [5.41, 5.74) is 0.865. The highest BCUT2D eigenvalue weighted by molar-refractivity contribution is 5.91. The van der Waals surface area contributed by atoms with Gasteiger partial charge in [-0.25, -0.2) is 0 Å². The van der Waals surface area contributed by atoms with Crippen molar-refractivity contribution in [2.45, 2.75) is 13.0 Å². The number of rotatable bonds is 4. The monoisotopic (exact) mass is 209 g/mol. The van der Waals surface area contributed by atoms with Crippen LogP contribution in [0.4, 0.5) is 0 Å². The lowest BCUT2D eigenvalue weighted by Gasteiger charge is -2.07. The van der Waals surface area contributed by atoms with Crippen molar-refractivity contribution in [3.8, 4) is 0 Å². The first kappa shape index (κ1) is 11.5. The molecule has 1 aromatic heterocycles. The lowest BCUT2D eigenvalue weighted by Crippen LogP contribution is -2.33. The van der Waals surface area contributed by atoms with Gasteiger partial charge in [-0.15, -0.1) is 0 Å². The maximum Gasteiger partial charge on any atom is 0.244 e. The first-order valence-corrected chi connectivity index (χ1v) is 4.70. The predicted molar refractivity (Wildman–Crippen MR) is 56.9 cm³/mol. The van der Waals surface area contributed by atoms with Crippen molar-refractivity contribution < 1.29 is 9.90 Å². The second kappa shape index (κ2) is 5.31. The number of aromatic nitrogens is 2. The number of amides is 1. The molecular weight excluding hydrogens is 194 g/mol. The molecule has 1 amide bonds. The molecule has 0 radical (unpaired) electrons. The third kappa shape index (κ3) is 3.95. The summed E-state index contributed by atoms with van der Waals surface area (Å²) in [5, 5.41) is 15.3. The number of hydrogen-bond acceptors (Lipinski definition) is 3. The maximum atomic E-state index is 11.3. The molecule has 0 aromatic carbocycles. The van der Waals surface area contributed by atoms with Crippen molar-refractivity contribution in [2.75, 3.05) is 6.61 Å². The standard InChI is InChI=1S/C10H15N3O2/c1-8(7-14)12-10(15)4-3-9-5-11-13(2)6-9/h3-6,8,14H,7H2,1-2H3,(H,12,15)/t8-/m1/s1. The normalized spacial score (nSPS) is 13.0. The summed E-state index contributed by atoms with van der Waals surface area (Å²) < 4.78 is 1.66. The number of aliphatic hydroxyl groups is 1. The topological polar surface area (TPSA) is 67.2 Å². The first-order chi connectivity index (χ1) is 7.11. The molecule has 1 atom stereocenters. The number of aryl methyl sites for hydroxylation is 1. The Kier molecular flexibility index (Phi) is 4.05. The molecule has 1 aromatic rings. The molecule has 5 nitrogen and oxygen atoms in total. The van der Waals surface area contributed by atoms with Crippen molar-refractivity contribution in [3.63, 3.8) is 0 Å². The average molecular weight is 209 g/mol. The molecule has 0 bridgehead atoms. The van der Waals surface area contributed by atoms with Crippen LogP contribution in [0.5, 0.6) is 0 Å². The van der Waals surface area contributed by atoms with Gasteiger partial charge in [-0.05, 0) is 13.0 Å². The van der Waals surface area contributed by atoms with E-state index in [2.05, 4.69) is 10.4 Å². The van der Waals surface area contributed by atoms with Crippen LogP contribution in [0.3, 0.4) is 0 Å². The summed E-state index contributed by atoms with van der Waals surface area (Å²) in [4.78, 5) is 11.3. The van der Waals surface area contributed by atoms with Crippen LogP contribution in [-0.4, -0.2) is 33.4 Å². The maximum absolute atomic E-state index is 11.3. The van der Waals surface area contributed by atoms with Crippen molar-refractivity contribution in [1.82, 2.24) is 15.1 Å². The fraction of sp³-hybridized carbons (Fsp3) is 0.400. The SMILES string of the molecule is C[C@H](CO)NC(=O)C=Cc1cnn(C)c1. The zero-order chi connectivity index (χ0) is 11.3. The van der Waals surface area contributed by atoms with E-state index in [9.17, 15) is 4.79 Å². The van der Waals surface area contributed by atoms with Gasteiger partial charge >= 0.3 is 0 Å². The van der Waals surface area contributed by atoms with Crippen molar-refractivity contribution in [2.24, 2.45) is 7.05 Å². The van der Waals surface area contributed by atoms with Crippen LogP contribution < -0.4 is 5.32 Å². The van der Waals surface area contributed by atoms with E-state index in [0.29, 0.717) is 0 Å². The Morgan fingerprint density at radius 1 is 1.80 bits per heavy atom. The molecule has 82 valence electrons. The van der Waals surface area contributed by atoms with Crippen molar-refractivity contribution in [1.29, 1.82) is 0 Å². The average Bonchev–Trinajstić information content (AvgIpc) is 2.61. The van der Waals surface area contributed by atoms with Crippen LogP contribution >= 0.6 is 0 Å². The van der Waals surface area contributed by atoms with Crippen molar-refractivity contribution >= 4 is 12.0 Å².